The van der Waals surface area contributed by atoms with E-state index in [4.69, 9.17) is 9.88 Å². The highest BCUT2D eigenvalue weighted by atomic mass is 32.2. The lowest BCUT2D eigenvalue weighted by molar-refractivity contribution is -0.0440. The van der Waals surface area contributed by atoms with Gasteiger partial charge in [0.1, 0.15) is 0 Å². The Kier molecular flexibility index (Phi) is 6.82. The molecule has 11 heteroatoms. The van der Waals surface area contributed by atoms with Crippen molar-refractivity contribution in [2.75, 3.05) is 13.1 Å². The van der Waals surface area contributed by atoms with Crippen LogP contribution >= 0.6 is 0 Å². The number of nitrogens with two attached hydrogens (primary N) is 1. The minimum Gasteiger partial charge on any atom is -0.373 e. The van der Waals surface area contributed by atoms with Crippen molar-refractivity contribution < 1.29 is 26.4 Å². The molecule has 3 rings (SSSR count). The number of morpholine rings is 1. The molecule has 2 aromatic carbocycles. The molecule has 0 bridgehead atoms. The summed E-state index contributed by atoms with van der Waals surface area (Å²) in [7, 11) is -7.55. The molecule has 0 aromatic heterocycles. The molecule has 168 valence electrons. The van der Waals surface area contributed by atoms with Crippen molar-refractivity contribution in [3.05, 3.63) is 59.7 Å². The summed E-state index contributed by atoms with van der Waals surface area (Å²) in [6.07, 6.45) is -0.434. The van der Waals surface area contributed by atoms with Gasteiger partial charge in [0.2, 0.25) is 20.0 Å². The van der Waals surface area contributed by atoms with Crippen molar-refractivity contribution in [3.63, 3.8) is 0 Å². The summed E-state index contributed by atoms with van der Waals surface area (Å²) >= 11 is 0. The van der Waals surface area contributed by atoms with E-state index in [1.807, 2.05) is 13.8 Å². The quantitative estimate of drug-likeness (QED) is 0.652. The minimum absolute atomic E-state index is 0.0211. The van der Waals surface area contributed by atoms with E-state index in [9.17, 15) is 21.6 Å². The lowest BCUT2D eigenvalue weighted by atomic mass is 10.2. The Labute approximate surface area is 182 Å². The van der Waals surface area contributed by atoms with Crippen LogP contribution in [0.5, 0.6) is 0 Å². The molecular weight excluding hydrogens is 442 g/mol. The summed E-state index contributed by atoms with van der Waals surface area (Å²) < 4.78 is 55.6. The van der Waals surface area contributed by atoms with Crippen molar-refractivity contribution >= 4 is 26.0 Å². The first kappa shape index (κ1) is 23.4. The van der Waals surface area contributed by atoms with Crippen molar-refractivity contribution in [2.45, 2.75) is 42.4 Å². The van der Waals surface area contributed by atoms with Gasteiger partial charge in [-0.3, -0.25) is 4.79 Å². The number of nitrogens with zero attached hydrogens (tertiary/aromatic N) is 1. The normalized spacial score (nSPS) is 20.4. The third-order valence-corrected chi connectivity index (χ3v) is 7.58. The van der Waals surface area contributed by atoms with E-state index < -0.39 is 26.0 Å². The van der Waals surface area contributed by atoms with Gasteiger partial charge in [-0.1, -0.05) is 18.2 Å². The number of primary sulfonamides is 1. The molecule has 9 nitrogen and oxygen atoms in total. The van der Waals surface area contributed by atoms with Crippen molar-refractivity contribution in [2.24, 2.45) is 5.14 Å². The molecule has 2 atom stereocenters. The monoisotopic (exact) mass is 467 g/mol. The highest BCUT2D eigenvalue weighted by molar-refractivity contribution is 7.89. The zero-order chi connectivity index (χ0) is 22.8. The maximum atomic E-state index is 13.0. The van der Waals surface area contributed by atoms with Gasteiger partial charge in [-0.15, -0.1) is 0 Å². The average Bonchev–Trinajstić information content (AvgIpc) is 2.71. The van der Waals surface area contributed by atoms with E-state index >= 15 is 0 Å². The van der Waals surface area contributed by atoms with Crippen LogP contribution in [0.3, 0.4) is 0 Å². The zero-order valence-electron chi connectivity index (χ0n) is 17.2. The van der Waals surface area contributed by atoms with Crippen LogP contribution in [0, 0.1) is 0 Å². The highest BCUT2D eigenvalue weighted by Crippen LogP contribution is 2.22. The molecule has 1 aliphatic rings. The standard InChI is InChI=1S/C20H25N3O6S2/c1-14-12-23(13-15(2)29-14)31(27,28)19-5-3-4-17(10-19)20(24)22-11-16-6-8-18(9-7-16)30(21,25)26/h3-10,14-15H,11-13H2,1-2H3,(H,22,24)(H2,21,25,26). The van der Waals surface area contributed by atoms with Gasteiger partial charge in [0.15, 0.2) is 0 Å². The summed E-state index contributed by atoms with van der Waals surface area (Å²) in [4.78, 5) is 12.6. The van der Waals surface area contributed by atoms with Gasteiger partial charge in [-0.05, 0) is 49.7 Å². The molecule has 1 aliphatic heterocycles. The molecule has 0 saturated carbocycles. The number of hydrogen-bond donors (Lipinski definition) is 2. The van der Waals surface area contributed by atoms with Crippen LogP contribution in [0.4, 0.5) is 0 Å². The molecule has 2 aromatic rings. The van der Waals surface area contributed by atoms with Crippen LogP contribution in [0.2, 0.25) is 0 Å². The maximum Gasteiger partial charge on any atom is 0.251 e. The molecule has 1 amide bonds. The first-order chi connectivity index (χ1) is 14.5. The molecule has 0 aliphatic carbocycles. The van der Waals surface area contributed by atoms with Gasteiger partial charge < -0.3 is 10.1 Å². The Balaban J connectivity index is 1.71. The second kappa shape index (κ2) is 9.05. The second-order valence-corrected chi connectivity index (χ2v) is 11.0. The fraction of sp³-hybridized carbons (Fsp3) is 0.350. The summed E-state index contributed by atoms with van der Waals surface area (Å²) in [5, 5.41) is 7.76. The van der Waals surface area contributed by atoms with Crippen LogP contribution in [-0.4, -0.2) is 52.3 Å². The second-order valence-electron chi connectivity index (χ2n) is 7.48. The summed E-state index contributed by atoms with van der Waals surface area (Å²) in [5.41, 5.74) is 0.873. The fourth-order valence-electron chi connectivity index (χ4n) is 3.36. The largest absolute Gasteiger partial charge is 0.373 e. The molecule has 2 unspecified atom stereocenters. The third kappa shape index (κ3) is 5.69. The SMILES string of the molecule is CC1CN(S(=O)(=O)c2cccc(C(=O)NCc3ccc(S(N)(=O)=O)cc3)c2)CC(C)O1. The number of sulfonamides is 2. The van der Waals surface area contributed by atoms with Crippen molar-refractivity contribution in [1.82, 2.24) is 9.62 Å². The van der Waals surface area contributed by atoms with E-state index in [0.717, 1.165) is 0 Å². The lowest BCUT2D eigenvalue weighted by Gasteiger charge is -2.34. The first-order valence-corrected chi connectivity index (χ1v) is 12.6. The number of nitrogens with one attached hydrogen (secondary N) is 1. The molecule has 3 N–H and O–H groups in total. The number of rotatable bonds is 6. The maximum absolute atomic E-state index is 13.0. The number of ether oxygens (including phenoxy) is 1. The topological polar surface area (TPSA) is 136 Å². The van der Waals surface area contributed by atoms with Crippen LogP contribution in [-0.2, 0) is 31.3 Å². The number of carbonyl (C=O) groups is 1. The van der Waals surface area contributed by atoms with Crippen LogP contribution in [0.25, 0.3) is 0 Å². The van der Waals surface area contributed by atoms with Crippen molar-refractivity contribution in [3.8, 4) is 0 Å². The number of hydrogen-bond acceptors (Lipinski definition) is 6. The van der Waals surface area contributed by atoms with E-state index in [0.29, 0.717) is 5.56 Å². The highest BCUT2D eigenvalue weighted by Gasteiger charge is 2.32. The van der Waals surface area contributed by atoms with Gasteiger partial charge in [0.05, 0.1) is 22.0 Å². The van der Waals surface area contributed by atoms with E-state index in [-0.39, 0.29) is 47.2 Å². The van der Waals surface area contributed by atoms with Crippen LogP contribution in [0.15, 0.2) is 58.3 Å². The third-order valence-electron chi connectivity index (χ3n) is 4.83. The number of benzene rings is 2. The van der Waals surface area contributed by atoms with Gasteiger partial charge in [0, 0.05) is 25.2 Å². The molecule has 0 radical (unpaired) electrons. The molecule has 0 spiro atoms. The van der Waals surface area contributed by atoms with Gasteiger partial charge in [0.25, 0.3) is 5.91 Å². The van der Waals surface area contributed by atoms with Crippen LogP contribution in [0.1, 0.15) is 29.8 Å². The summed E-state index contributed by atoms with van der Waals surface area (Å²) in [5.74, 6) is -0.448. The smallest absolute Gasteiger partial charge is 0.251 e. The van der Waals surface area contributed by atoms with E-state index in [2.05, 4.69) is 5.32 Å². The summed E-state index contributed by atoms with van der Waals surface area (Å²) in [6.45, 7) is 4.27. The number of amides is 1. The first-order valence-electron chi connectivity index (χ1n) is 9.62. The van der Waals surface area contributed by atoms with Gasteiger partial charge in [-0.25, -0.2) is 22.0 Å². The molecule has 31 heavy (non-hydrogen) atoms. The molecular formula is C20H25N3O6S2. The predicted octanol–water partition coefficient (Wildman–Crippen LogP) is 1.06. The molecule has 1 fully saturated rings. The summed E-state index contributed by atoms with van der Waals surface area (Å²) in [6, 6.07) is 11.7. The van der Waals surface area contributed by atoms with E-state index in [1.165, 1.54) is 40.7 Å². The Hall–Kier alpha value is -2.31. The van der Waals surface area contributed by atoms with Crippen molar-refractivity contribution in [1.29, 1.82) is 0 Å². The Bertz CT molecular complexity index is 1150. The number of carbonyl (C=O) groups excluding carboxylic acids is 1. The van der Waals surface area contributed by atoms with Gasteiger partial charge in [-0.2, -0.15) is 4.31 Å². The lowest BCUT2D eigenvalue weighted by Crippen LogP contribution is -2.48. The Morgan fingerprint density at radius 1 is 1.03 bits per heavy atom. The Morgan fingerprint density at radius 3 is 2.23 bits per heavy atom. The molecule has 1 heterocycles. The predicted molar refractivity (Wildman–Crippen MR) is 114 cm³/mol. The minimum atomic E-state index is -3.79. The van der Waals surface area contributed by atoms with Crippen LogP contribution < -0.4 is 10.5 Å². The zero-order valence-corrected chi connectivity index (χ0v) is 18.8. The van der Waals surface area contributed by atoms with E-state index in [1.54, 1.807) is 12.1 Å². The van der Waals surface area contributed by atoms with Gasteiger partial charge >= 0.3 is 0 Å². The Morgan fingerprint density at radius 2 is 1.65 bits per heavy atom. The average molecular weight is 468 g/mol. The molecule has 1 saturated heterocycles. The fourth-order valence-corrected chi connectivity index (χ4v) is 5.51.